The summed E-state index contributed by atoms with van der Waals surface area (Å²) in [6.07, 6.45) is 10.5. The van der Waals surface area contributed by atoms with Crippen LogP contribution in [0.4, 0.5) is 5.69 Å². The van der Waals surface area contributed by atoms with Crippen molar-refractivity contribution in [2.45, 2.75) is 64.7 Å². The van der Waals surface area contributed by atoms with E-state index in [-0.39, 0.29) is 11.3 Å². The van der Waals surface area contributed by atoms with E-state index < -0.39 is 10.9 Å². The molecule has 136 valence electrons. The second kappa shape index (κ2) is 9.91. The quantitative estimate of drug-likeness (QED) is 0.264. The van der Waals surface area contributed by atoms with Gasteiger partial charge in [-0.15, -0.1) is 0 Å². The average Bonchev–Trinajstić information content (AvgIpc) is 3.07. The van der Waals surface area contributed by atoms with E-state index in [4.69, 9.17) is 4.84 Å². The first-order chi connectivity index (χ1) is 12.1. The Kier molecular flexibility index (Phi) is 7.57. The van der Waals surface area contributed by atoms with Crippen LogP contribution in [0.2, 0.25) is 0 Å². The molecule has 6 heteroatoms. The van der Waals surface area contributed by atoms with Crippen LogP contribution in [-0.2, 0) is 4.84 Å². The Morgan fingerprint density at radius 3 is 2.64 bits per heavy atom. The maximum absolute atomic E-state index is 12.0. The molecule has 6 nitrogen and oxygen atoms in total. The minimum absolute atomic E-state index is 0.0539. The zero-order valence-electron chi connectivity index (χ0n) is 14.8. The van der Waals surface area contributed by atoms with Gasteiger partial charge in [0.05, 0.1) is 16.2 Å². The van der Waals surface area contributed by atoms with E-state index in [1.807, 2.05) is 0 Å². The van der Waals surface area contributed by atoms with E-state index in [0.717, 1.165) is 31.4 Å². The molecule has 2 rings (SSSR count). The average molecular weight is 346 g/mol. The smallest absolute Gasteiger partial charge is 0.313 e. The number of benzene rings is 1. The molecule has 1 unspecified atom stereocenters. The van der Waals surface area contributed by atoms with Crippen molar-refractivity contribution in [3.8, 4) is 0 Å². The zero-order valence-corrected chi connectivity index (χ0v) is 14.8. The molecule has 0 saturated heterocycles. The molecule has 0 bridgehead atoms. The Hall–Kier alpha value is -2.24. The predicted octanol–water partition coefficient (Wildman–Crippen LogP) is 5.27. The van der Waals surface area contributed by atoms with Gasteiger partial charge in [-0.1, -0.05) is 44.2 Å². The first kappa shape index (κ1) is 19.1. The van der Waals surface area contributed by atoms with Gasteiger partial charge in [0, 0.05) is 18.1 Å². The van der Waals surface area contributed by atoms with E-state index in [1.54, 1.807) is 0 Å². The van der Waals surface area contributed by atoms with Crippen molar-refractivity contribution in [3.05, 3.63) is 39.9 Å². The highest BCUT2D eigenvalue weighted by atomic mass is 16.7. The van der Waals surface area contributed by atoms with Crippen molar-refractivity contribution in [3.63, 3.8) is 0 Å². The fraction of sp³-hybridized carbons (Fsp3) is 0.579. The van der Waals surface area contributed by atoms with Crippen molar-refractivity contribution in [2.75, 3.05) is 0 Å². The van der Waals surface area contributed by atoms with Gasteiger partial charge in [0.15, 0.2) is 0 Å². The number of unbranched alkanes of at least 4 members (excludes halogenated alkanes) is 4. The Labute approximate surface area is 148 Å². The van der Waals surface area contributed by atoms with Crippen molar-refractivity contribution < 1.29 is 14.6 Å². The molecule has 0 aromatic heterocycles. The number of nitrogens with zero attached hydrogens (tertiary/aromatic N) is 2. The van der Waals surface area contributed by atoms with E-state index in [9.17, 15) is 14.9 Å². The number of carbonyl (C=O) groups excluding carboxylic acids is 1. The molecular formula is C19H26N2O4. The van der Waals surface area contributed by atoms with Crippen LogP contribution in [0.3, 0.4) is 0 Å². The number of rotatable bonds is 9. The normalized spacial score (nSPS) is 18.4. The highest BCUT2D eigenvalue weighted by Crippen LogP contribution is 2.28. The number of hydrogen-bond donors (Lipinski definition) is 0. The number of oxime groups is 1. The number of carbonyl (C=O) groups is 1. The fourth-order valence-electron chi connectivity index (χ4n) is 3.20. The summed E-state index contributed by atoms with van der Waals surface area (Å²) in [5, 5.41) is 14.7. The van der Waals surface area contributed by atoms with Gasteiger partial charge in [-0.3, -0.25) is 10.1 Å². The molecule has 0 N–H and O–H groups in total. The molecule has 1 saturated carbocycles. The summed E-state index contributed by atoms with van der Waals surface area (Å²) < 4.78 is 0. The van der Waals surface area contributed by atoms with Crippen LogP contribution in [0, 0.1) is 16.0 Å². The monoisotopic (exact) mass is 346 g/mol. The maximum atomic E-state index is 12.0. The van der Waals surface area contributed by atoms with Gasteiger partial charge in [0.2, 0.25) is 0 Å². The molecule has 0 aliphatic heterocycles. The molecule has 1 aliphatic carbocycles. The molecule has 0 amide bonds. The van der Waals surface area contributed by atoms with Gasteiger partial charge in [0.1, 0.15) is 0 Å². The first-order valence-corrected chi connectivity index (χ1v) is 9.14. The van der Waals surface area contributed by atoms with Gasteiger partial charge in [-0.2, -0.15) is 0 Å². The van der Waals surface area contributed by atoms with Crippen LogP contribution in [0.5, 0.6) is 0 Å². The van der Waals surface area contributed by atoms with Crippen LogP contribution < -0.4 is 0 Å². The molecule has 1 aromatic rings. The maximum Gasteiger partial charge on any atom is 0.365 e. The summed E-state index contributed by atoms with van der Waals surface area (Å²) in [4.78, 5) is 27.2. The van der Waals surface area contributed by atoms with Crippen LogP contribution >= 0.6 is 0 Å². The van der Waals surface area contributed by atoms with Crippen molar-refractivity contribution in [1.82, 2.24) is 0 Å². The van der Waals surface area contributed by atoms with Gasteiger partial charge in [0.25, 0.3) is 5.69 Å². The third-order valence-electron chi connectivity index (χ3n) is 4.67. The van der Waals surface area contributed by atoms with E-state index >= 15 is 0 Å². The van der Waals surface area contributed by atoms with Crippen LogP contribution in [0.15, 0.2) is 29.4 Å². The molecular weight excluding hydrogens is 320 g/mol. The summed E-state index contributed by atoms with van der Waals surface area (Å²) >= 11 is 0. The standard InChI is InChI=1S/C19H26N2O4/c1-2-3-4-5-6-8-15-9-7-10-18(15)20-25-19(22)16-11-13-17(14-12-16)21(23)24/h11-15H,2-10H2,1H3/b20-18-. The third-order valence-corrected chi connectivity index (χ3v) is 4.67. The van der Waals surface area contributed by atoms with Crippen molar-refractivity contribution in [1.29, 1.82) is 0 Å². The van der Waals surface area contributed by atoms with Gasteiger partial charge < -0.3 is 4.84 Å². The van der Waals surface area contributed by atoms with Gasteiger partial charge in [-0.25, -0.2) is 4.79 Å². The Bertz CT molecular complexity index is 610. The van der Waals surface area contributed by atoms with E-state index in [1.165, 1.54) is 56.4 Å². The lowest BCUT2D eigenvalue weighted by Gasteiger charge is -2.10. The summed E-state index contributed by atoms with van der Waals surface area (Å²) in [6.45, 7) is 2.21. The summed E-state index contributed by atoms with van der Waals surface area (Å²) in [7, 11) is 0. The third kappa shape index (κ3) is 5.96. The highest BCUT2D eigenvalue weighted by Gasteiger charge is 2.23. The largest absolute Gasteiger partial charge is 0.365 e. The molecule has 1 fully saturated rings. The minimum atomic E-state index is -0.573. The summed E-state index contributed by atoms with van der Waals surface area (Å²) in [6, 6.07) is 5.36. The SMILES string of the molecule is CCCCCCCC1CCC/C1=N/OC(=O)c1ccc([N+](=O)[O-])cc1. The second-order valence-corrected chi connectivity index (χ2v) is 6.56. The highest BCUT2D eigenvalue weighted by molar-refractivity contribution is 5.92. The van der Waals surface area contributed by atoms with Crippen LogP contribution in [-0.4, -0.2) is 16.6 Å². The topological polar surface area (TPSA) is 81.8 Å². The van der Waals surface area contributed by atoms with Crippen molar-refractivity contribution in [2.24, 2.45) is 11.1 Å². The predicted molar refractivity (Wildman–Crippen MR) is 96.7 cm³/mol. The number of non-ortho nitro benzene ring substituents is 1. The lowest BCUT2D eigenvalue weighted by molar-refractivity contribution is -0.384. The molecule has 1 aliphatic rings. The van der Waals surface area contributed by atoms with Crippen molar-refractivity contribution >= 4 is 17.4 Å². The Morgan fingerprint density at radius 1 is 1.24 bits per heavy atom. The first-order valence-electron chi connectivity index (χ1n) is 9.14. The Morgan fingerprint density at radius 2 is 1.96 bits per heavy atom. The van der Waals surface area contributed by atoms with Gasteiger partial charge in [-0.05, 0) is 37.8 Å². The van der Waals surface area contributed by atoms with E-state index in [2.05, 4.69) is 12.1 Å². The molecule has 1 atom stereocenters. The van der Waals surface area contributed by atoms with E-state index in [0.29, 0.717) is 5.92 Å². The number of nitro benzene ring substituents is 1. The summed E-state index contributed by atoms with van der Waals surface area (Å²) in [5.41, 5.74) is 1.19. The lowest BCUT2D eigenvalue weighted by Crippen LogP contribution is -2.10. The summed E-state index contributed by atoms with van der Waals surface area (Å²) in [5.74, 6) is -0.151. The number of nitro groups is 1. The molecule has 25 heavy (non-hydrogen) atoms. The van der Waals surface area contributed by atoms with Gasteiger partial charge >= 0.3 is 5.97 Å². The molecule has 0 spiro atoms. The molecule has 0 radical (unpaired) electrons. The van der Waals surface area contributed by atoms with Crippen LogP contribution in [0.25, 0.3) is 0 Å². The van der Waals surface area contributed by atoms with Crippen LogP contribution in [0.1, 0.15) is 75.1 Å². The molecule has 1 aromatic carbocycles. The zero-order chi connectivity index (χ0) is 18.1. The lowest BCUT2D eigenvalue weighted by atomic mass is 9.98. The second-order valence-electron chi connectivity index (χ2n) is 6.56. The fourth-order valence-corrected chi connectivity index (χ4v) is 3.20. The Balaban J connectivity index is 1.84. The molecule has 0 heterocycles. The number of hydrogen-bond acceptors (Lipinski definition) is 5. The minimum Gasteiger partial charge on any atom is -0.313 e.